The molecule has 0 atom stereocenters. The van der Waals surface area contributed by atoms with Crippen molar-refractivity contribution in [2.24, 2.45) is 0 Å². The molecule has 1 amide bonds. The molecule has 8 heteroatoms. The van der Waals surface area contributed by atoms with Gasteiger partial charge in [-0.05, 0) is 66.4 Å². The van der Waals surface area contributed by atoms with Crippen molar-refractivity contribution in [2.75, 3.05) is 5.32 Å². The number of benzene rings is 4. The first kappa shape index (κ1) is 29.1. The van der Waals surface area contributed by atoms with Crippen LogP contribution in [0.3, 0.4) is 0 Å². The first-order chi connectivity index (χ1) is 20.6. The van der Waals surface area contributed by atoms with Crippen LogP contribution in [0.25, 0.3) is 0 Å². The number of rotatable bonds is 10. The molecule has 0 spiro atoms. The van der Waals surface area contributed by atoms with Crippen molar-refractivity contribution >= 4 is 17.3 Å². The third kappa shape index (κ3) is 6.93. The van der Waals surface area contributed by atoms with Gasteiger partial charge in [-0.15, -0.1) is 0 Å². The lowest BCUT2D eigenvalue weighted by molar-refractivity contribution is -0.384. The van der Waals surface area contributed by atoms with Crippen LogP contribution < -0.4 is 14.8 Å². The lowest BCUT2D eigenvalue weighted by Crippen LogP contribution is -2.18. The average molecular weight is 577 g/mol. The van der Waals surface area contributed by atoms with E-state index in [9.17, 15) is 14.9 Å². The second kappa shape index (κ2) is 12.2. The topological polar surface area (TPSA) is 104 Å². The average Bonchev–Trinajstić information content (AvgIpc) is 3.48. The normalized spacial score (nSPS) is 11.2. The first-order valence-corrected chi connectivity index (χ1v) is 13.8. The Morgan fingerprint density at radius 3 is 2.30 bits per heavy atom. The summed E-state index contributed by atoms with van der Waals surface area (Å²) in [7, 11) is 0. The second-order valence-corrected chi connectivity index (χ2v) is 10.9. The predicted molar refractivity (Wildman–Crippen MR) is 165 cm³/mol. The molecule has 0 bridgehead atoms. The molecular formula is C35H32N2O6. The lowest BCUT2D eigenvalue weighted by Gasteiger charge is -2.26. The molecule has 5 rings (SSSR count). The molecule has 5 aromatic rings. The fourth-order valence-electron chi connectivity index (χ4n) is 4.68. The molecule has 0 radical (unpaired) electrons. The van der Waals surface area contributed by atoms with Crippen LogP contribution in [0, 0.1) is 24.0 Å². The maximum Gasteiger partial charge on any atom is 0.291 e. The van der Waals surface area contributed by atoms with Gasteiger partial charge >= 0.3 is 0 Å². The van der Waals surface area contributed by atoms with E-state index in [1.807, 2.05) is 74.5 Å². The molecule has 1 N–H and O–H groups in total. The third-order valence-electron chi connectivity index (χ3n) is 7.27. The largest absolute Gasteiger partial charge is 0.486 e. The van der Waals surface area contributed by atoms with Gasteiger partial charge in [0, 0.05) is 17.5 Å². The van der Waals surface area contributed by atoms with Gasteiger partial charge in [-0.25, -0.2) is 0 Å². The van der Waals surface area contributed by atoms with Crippen LogP contribution in [0.1, 0.15) is 52.4 Å². The zero-order valence-electron chi connectivity index (χ0n) is 24.4. The Hall–Kier alpha value is -5.37. The van der Waals surface area contributed by atoms with Crippen LogP contribution in [0.5, 0.6) is 17.2 Å². The Balaban J connectivity index is 1.23. The number of nitrogens with one attached hydrogen (secondary N) is 1. The van der Waals surface area contributed by atoms with Gasteiger partial charge in [0.15, 0.2) is 5.76 Å². The van der Waals surface area contributed by atoms with Crippen molar-refractivity contribution in [1.29, 1.82) is 0 Å². The minimum Gasteiger partial charge on any atom is -0.486 e. The van der Waals surface area contributed by atoms with Crippen LogP contribution in [0.15, 0.2) is 108 Å². The SMILES string of the molecule is Cc1ccc(C)c(Oc2cc(NC(=O)c3ccc(COc4ccc(C(C)(C)c5ccccc5)cc4)o3)cc([N+](=O)[O-])c2)c1. The van der Waals surface area contributed by atoms with E-state index >= 15 is 0 Å². The number of hydrogen-bond acceptors (Lipinski definition) is 6. The van der Waals surface area contributed by atoms with Crippen molar-refractivity contribution < 1.29 is 23.6 Å². The fraction of sp³-hybridized carbons (Fsp3) is 0.171. The zero-order valence-corrected chi connectivity index (χ0v) is 24.4. The summed E-state index contributed by atoms with van der Waals surface area (Å²) in [6.07, 6.45) is 0. The Labute approximate surface area is 250 Å². The number of nitro benzene ring substituents is 1. The van der Waals surface area contributed by atoms with Crippen LogP contribution in [0.4, 0.5) is 11.4 Å². The van der Waals surface area contributed by atoms with Gasteiger partial charge < -0.3 is 19.2 Å². The van der Waals surface area contributed by atoms with Crippen molar-refractivity contribution in [2.45, 2.75) is 39.7 Å². The first-order valence-electron chi connectivity index (χ1n) is 13.8. The number of carbonyl (C=O) groups excluding carboxylic acids is 1. The summed E-state index contributed by atoms with van der Waals surface area (Å²) < 4.78 is 17.5. The summed E-state index contributed by atoms with van der Waals surface area (Å²) in [6.45, 7) is 8.30. The number of nitro groups is 1. The molecule has 1 aromatic heterocycles. The van der Waals surface area contributed by atoms with Gasteiger partial charge in [0.1, 0.15) is 29.6 Å². The Kier molecular flexibility index (Phi) is 8.29. The highest BCUT2D eigenvalue weighted by Gasteiger charge is 2.23. The Morgan fingerprint density at radius 1 is 0.860 bits per heavy atom. The number of non-ortho nitro benzene ring substituents is 1. The summed E-state index contributed by atoms with van der Waals surface area (Å²) in [4.78, 5) is 24.0. The van der Waals surface area contributed by atoms with Crippen molar-refractivity contribution in [1.82, 2.24) is 0 Å². The maximum absolute atomic E-state index is 12.9. The molecular weight excluding hydrogens is 544 g/mol. The number of anilines is 1. The number of amides is 1. The maximum atomic E-state index is 12.9. The second-order valence-electron chi connectivity index (χ2n) is 10.9. The minimum absolute atomic E-state index is 0.0436. The number of hydrogen-bond donors (Lipinski definition) is 1. The molecule has 0 aliphatic heterocycles. The highest BCUT2D eigenvalue weighted by atomic mass is 16.6. The quantitative estimate of drug-likeness (QED) is 0.132. The van der Waals surface area contributed by atoms with Crippen molar-refractivity contribution in [3.63, 3.8) is 0 Å². The standard InChI is InChI=1S/C35H32N2O6/c1-23-10-11-24(2)33(18-23)43-31-20-27(19-28(21-31)37(39)40)36-34(38)32-17-16-30(42-32)22-41-29-14-12-26(13-15-29)35(3,4)25-8-6-5-7-9-25/h5-21H,22H2,1-4H3,(H,36,38). The fourth-order valence-corrected chi connectivity index (χ4v) is 4.68. The summed E-state index contributed by atoms with van der Waals surface area (Å²) in [5, 5.41) is 14.2. The molecule has 0 saturated heterocycles. The molecule has 0 saturated carbocycles. The number of carbonyl (C=O) groups is 1. The van der Waals surface area contributed by atoms with Crippen LogP contribution in [-0.4, -0.2) is 10.8 Å². The number of nitrogens with zero attached hydrogens (tertiary/aromatic N) is 1. The summed E-state index contributed by atoms with van der Waals surface area (Å²) in [6, 6.07) is 31.2. The van der Waals surface area contributed by atoms with Gasteiger partial charge in [-0.1, -0.05) is 68.4 Å². The van der Waals surface area contributed by atoms with Crippen molar-refractivity contribution in [3.05, 3.63) is 147 Å². The highest BCUT2D eigenvalue weighted by Crippen LogP contribution is 2.33. The van der Waals surface area contributed by atoms with Gasteiger partial charge in [0.05, 0.1) is 16.7 Å². The van der Waals surface area contributed by atoms with Crippen LogP contribution >= 0.6 is 0 Å². The van der Waals surface area contributed by atoms with E-state index in [-0.39, 0.29) is 34.9 Å². The predicted octanol–water partition coefficient (Wildman–Crippen LogP) is 8.75. The molecule has 1 heterocycles. The smallest absolute Gasteiger partial charge is 0.291 e. The molecule has 0 unspecified atom stereocenters. The Bertz CT molecular complexity index is 1760. The van der Waals surface area contributed by atoms with Crippen LogP contribution in [-0.2, 0) is 12.0 Å². The molecule has 0 fully saturated rings. The highest BCUT2D eigenvalue weighted by molar-refractivity contribution is 6.02. The van der Waals surface area contributed by atoms with E-state index in [0.717, 1.165) is 16.7 Å². The summed E-state index contributed by atoms with van der Waals surface area (Å²) in [5.41, 5.74) is 4.07. The molecule has 218 valence electrons. The van der Waals surface area contributed by atoms with E-state index < -0.39 is 10.8 Å². The summed E-state index contributed by atoms with van der Waals surface area (Å²) in [5.74, 6) is 1.41. The van der Waals surface area contributed by atoms with E-state index in [1.54, 1.807) is 6.07 Å². The molecule has 8 nitrogen and oxygen atoms in total. The monoisotopic (exact) mass is 576 g/mol. The lowest BCUT2D eigenvalue weighted by atomic mass is 9.78. The minimum atomic E-state index is -0.558. The number of ether oxygens (including phenoxy) is 2. The van der Waals surface area contributed by atoms with E-state index in [0.29, 0.717) is 17.3 Å². The molecule has 43 heavy (non-hydrogen) atoms. The van der Waals surface area contributed by atoms with Crippen LogP contribution in [0.2, 0.25) is 0 Å². The zero-order chi connectivity index (χ0) is 30.6. The van der Waals surface area contributed by atoms with Gasteiger partial charge in [0.25, 0.3) is 11.6 Å². The van der Waals surface area contributed by atoms with Gasteiger partial charge in [-0.3, -0.25) is 14.9 Å². The van der Waals surface area contributed by atoms with Gasteiger partial charge in [-0.2, -0.15) is 0 Å². The Morgan fingerprint density at radius 2 is 1.58 bits per heavy atom. The molecule has 0 aliphatic rings. The van der Waals surface area contributed by atoms with E-state index in [4.69, 9.17) is 13.9 Å². The number of furan rings is 1. The van der Waals surface area contributed by atoms with E-state index in [1.165, 1.54) is 29.8 Å². The summed E-state index contributed by atoms with van der Waals surface area (Å²) >= 11 is 0. The van der Waals surface area contributed by atoms with Gasteiger partial charge in [0.2, 0.25) is 0 Å². The molecule has 4 aromatic carbocycles. The molecule has 0 aliphatic carbocycles. The number of aryl methyl sites for hydroxylation is 2. The third-order valence-corrected chi connectivity index (χ3v) is 7.27. The van der Waals surface area contributed by atoms with Crippen molar-refractivity contribution in [3.8, 4) is 17.2 Å². The van der Waals surface area contributed by atoms with E-state index in [2.05, 4.69) is 31.3 Å².